The predicted molar refractivity (Wildman–Crippen MR) is 66.5 cm³/mol. The van der Waals surface area contributed by atoms with E-state index in [9.17, 15) is 14.9 Å². The summed E-state index contributed by atoms with van der Waals surface area (Å²) in [5.41, 5.74) is -0.978. The van der Waals surface area contributed by atoms with Crippen LogP contribution in [0.4, 0.5) is 5.69 Å². The van der Waals surface area contributed by atoms with Crippen LogP contribution >= 0.6 is 0 Å². The summed E-state index contributed by atoms with van der Waals surface area (Å²) >= 11 is 0. The van der Waals surface area contributed by atoms with Crippen LogP contribution in [-0.2, 0) is 4.74 Å². The summed E-state index contributed by atoms with van der Waals surface area (Å²) in [6, 6.07) is 2.16. The largest absolute Gasteiger partial charge is 0.493 e. The molecule has 1 fully saturated rings. The van der Waals surface area contributed by atoms with Gasteiger partial charge >= 0.3 is 5.97 Å². The lowest BCUT2D eigenvalue weighted by Gasteiger charge is -2.15. The number of benzene rings is 1. The van der Waals surface area contributed by atoms with E-state index >= 15 is 0 Å². The summed E-state index contributed by atoms with van der Waals surface area (Å²) in [6.45, 7) is 0.944. The Morgan fingerprint density at radius 2 is 2.25 bits per heavy atom. The second-order valence-corrected chi connectivity index (χ2v) is 4.19. The summed E-state index contributed by atoms with van der Waals surface area (Å²) in [7, 11) is 1.34. The van der Waals surface area contributed by atoms with Gasteiger partial charge in [0.25, 0.3) is 5.69 Å². The van der Waals surface area contributed by atoms with E-state index in [2.05, 4.69) is 0 Å². The van der Waals surface area contributed by atoms with Gasteiger partial charge in [-0.05, 0) is 0 Å². The minimum Gasteiger partial charge on any atom is -0.493 e. The number of nitro groups is 1. The second kappa shape index (κ2) is 5.74. The Labute approximate surface area is 114 Å². The van der Waals surface area contributed by atoms with Crippen molar-refractivity contribution in [3.63, 3.8) is 0 Å². The number of carbonyl (C=O) groups is 1. The van der Waals surface area contributed by atoms with Gasteiger partial charge in [-0.1, -0.05) is 0 Å². The molecule has 2 rings (SSSR count). The third-order valence-electron chi connectivity index (χ3n) is 2.89. The highest BCUT2D eigenvalue weighted by molar-refractivity contribution is 5.93. The summed E-state index contributed by atoms with van der Waals surface area (Å²) < 4.78 is 15.8. The van der Waals surface area contributed by atoms with E-state index in [0.717, 1.165) is 12.1 Å². The van der Waals surface area contributed by atoms with Crippen molar-refractivity contribution in [2.24, 2.45) is 0 Å². The number of nitrogens with zero attached hydrogens (tertiary/aromatic N) is 1. The maximum atomic E-state index is 11.0. The van der Waals surface area contributed by atoms with Gasteiger partial charge in [-0.3, -0.25) is 10.1 Å². The molecule has 0 amide bonds. The number of hydrogen-bond donors (Lipinski definition) is 1. The van der Waals surface area contributed by atoms with Crippen molar-refractivity contribution in [1.82, 2.24) is 0 Å². The van der Waals surface area contributed by atoms with Gasteiger partial charge in [-0.15, -0.1) is 0 Å². The van der Waals surface area contributed by atoms with Crippen molar-refractivity contribution in [2.45, 2.75) is 12.5 Å². The molecule has 0 spiro atoms. The first kappa shape index (κ1) is 14.1. The number of hydrogen-bond acceptors (Lipinski definition) is 6. The van der Waals surface area contributed by atoms with Crippen LogP contribution in [0.3, 0.4) is 0 Å². The van der Waals surface area contributed by atoms with Gasteiger partial charge in [-0.25, -0.2) is 4.79 Å². The quantitative estimate of drug-likeness (QED) is 0.643. The molecule has 1 heterocycles. The molecule has 8 nitrogen and oxygen atoms in total. The summed E-state index contributed by atoms with van der Waals surface area (Å²) in [6.07, 6.45) is 0.441. The summed E-state index contributed by atoms with van der Waals surface area (Å²) in [5, 5.41) is 19.9. The summed E-state index contributed by atoms with van der Waals surface area (Å²) in [4.78, 5) is 21.2. The smallest absolute Gasteiger partial charge is 0.342 e. The zero-order chi connectivity index (χ0) is 14.7. The number of carboxylic acids is 1. The number of aromatic carboxylic acids is 1. The van der Waals surface area contributed by atoms with Crippen molar-refractivity contribution >= 4 is 11.7 Å². The van der Waals surface area contributed by atoms with Gasteiger partial charge < -0.3 is 19.3 Å². The Hall–Kier alpha value is -2.35. The molecule has 0 saturated carbocycles. The molecule has 1 N–H and O–H groups in total. The van der Waals surface area contributed by atoms with Crippen molar-refractivity contribution in [3.8, 4) is 11.5 Å². The molecule has 0 bridgehead atoms. The van der Waals surface area contributed by atoms with E-state index in [-0.39, 0.29) is 17.6 Å². The standard InChI is InChI=1S/C12H13NO7/c1-18-10-4-8(12(14)15)9(13(16)17)5-11(10)20-7-2-3-19-6-7/h4-5,7H,2-3,6H2,1H3,(H,14,15). The second-order valence-electron chi connectivity index (χ2n) is 4.19. The molecule has 1 aliphatic rings. The van der Waals surface area contributed by atoms with Crippen LogP contribution in [0.5, 0.6) is 11.5 Å². The maximum Gasteiger partial charge on any atom is 0.342 e. The van der Waals surface area contributed by atoms with Crippen LogP contribution in [-0.4, -0.2) is 42.4 Å². The molecule has 0 aliphatic carbocycles. The molecular formula is C12H13NO7. The number of carboxylic acid groups (broad SMARTS) is 1. The van der Waals surface area contributed by atoms with Crippen LogP contribution < -0.4 is 9.47 Å². The molecule has 0 aromatic heterocycles. The Balaban J connectivity index is 2.41. The lowest BCUT2D eigenvalue weighted by Crippen LogP contribution is -2.16. The number of methoxy groups -OCH3 is 1. The highest BCUT2D eigenvalue weighted by atomic mass is 16.6. The average molecular weight is 283 g/mol. The Bertz CT molecular complexity index is 537. The van der Waals surface area contributed by atoms with Gasteiger partial charge in [0.1, 0.15) is 11.7 Å². The third kappa shape index (κ3) is 2.80. The van der Waals surface area contributed by atoms with Crippen LogP contribution in [0.2, 0.25) is 0 Å². The monoisotopic (exact) mass is 283 g/mol. The van der Waals surface area contributed by atoms with Crippen LogP contribution in [0.1, 0.15) is 16.8 Å². The predicted octanol–water partition coefficient (Wildman–Crippen LogP) is 1.47. The van der Waals surface area contributed by atoms with E-state index in [4.69, 9.17) is 19.3 Å². The van der Waals surface area contributed by atoms with Crippen molar-refractivity contribution in [2.75, 3.05) is 20.3 Å². The van der Waals surface area contributed by atoms with Crippen molar-refractivity contribution in [3.05, 3.63) is 27.8 Å². The van der Waals surface area contributed by atoms with Crippen LogP contribution in [0.15, 0.2) is 12.1 Å². The van der Waals surface area contributed by atoms with Crippen molar-refractivity contribution < 1.29 is 29.0 Å². The van der Waals surface area contributed by atoms with Gasteiger partial charge in [0.15, 0.2) is 11.5 Å². The van der Waals surface area contributed by atoms with Gasteiger partial charge in [-0.2, -0.15) is 0 Å². The first-order valence-electron chi connectivity index (χ1n) is 5.87. The van der Waals surface area contributed by atoms with E-state index in [0.29, 0.717) is 19.6 Å². The molecule has 1 aromatic carbocycles. The molecule has 0 radical (unpaired) electrons. The molecule has 1 unspecified atom stereocenters. The first-order chi connectivity index (χ1) is 9.52. The maximum absolute atomic E-state index is 11.0. The zero-order valence-electron chi connectivity index (χ0n) is 10.7. The average Bonchev–Trinajstić information content (AvgIpc) is 2.90. The van der Waals surface area contributed by atoms with Gasteiger partial charge in [0, 0.05) is 12.5 Å². The van der Waals surface area contributed by atoms with E-state index in [1.165, 1.54) is 7.11 Å². The van der Waals surface area contributed by atoms with E-state index in [1.807, 2.05) is 0 Å². The number of ether oxygens (including phenoxy) is 3. The molecule has 1 saturated heterocycles. The van der Waals surface area contributed by atoms with E-state index in [1.54, 1.807) is 0 Å². The van der Waals surface area contributed by atoms with Crippen LogP contribution in [0, 0.1) is 10.1 Å². The Morgan fingerprint density at radius 1 is 1.50 bits per heavy atom. The lowest BCUT2D eigenvalue weighted by molar-refractivity contribution is -0.385. The fourth-order valence-electron chi connectivity index (χ4n) is 1.91. The Morgan fingerprint density at radius 3 is 2.75 bits per heavy atom. The Kier molecular flexibility index (Phi) is 4.04. The normalized spacial score (nSPS) is 17.8. The highest BCUT2D eigenvalue weighted by Gasteiger charge is 2.26. The summed E-state index contributed by atoms with van der Waals surface area (Å²) in [5.74, 6) is -1.12. The molecular weight excluding hydrogens is 270 g/mol. The SMILES string of the molecule is COc1cc(C(=O)O)c([N+](=O)[O-])cc1OC1CCOC1. The van der Waals surface area contributed by atoms with Crippen molar-refractivity contribution in [1.29, 1.82) is 0 Å². The van der Waals surface area contributed by atoms with Crippen LogP contribution in [0.25, 0.3) is 0 Å². The highest BCUT2D eigenvalue weighted by Crippen LogP contribution is 2.36. The molecule has 108 valence electrons. The fourth-order valence-corrected chi connectivity index (χ4v) is 1.91. The fraction of sp³-hybridized carbons (Fsp3) is 0.417. The molecule has 1 aliphatic heterocycles. The third-order valence-corrected chi connectivity index (χ3v) is 2.89. The lowest BCUT2D eigenvalue weighted by atomic mass is 10.1. The molecule has 8 heteroatoms. The molecule has 1 atom stereocenters. The zero-order valence-corrected chi connectivity index (χ0v) is 10.7. The van der Waals surface area contributed by atoms with Gasteiger partial charge in [0.2, 0.25) is 0 Å². The minimum atomic E-state index is -1.40. The van der Waals surface area contributed by atoms with Gasteiger partial charge in [0.05, 0.1) is 31.3 Å². The minimum absolute atomic E-state index is 0.139. The number of rotatable bonds is 5. The number of nitro benzene ring substituents is 1. The molecule has 20 heavy (non-hydrogen) atoms. The first-order valence-corrected chi connectivity index (χ1v) is 5.87. The molecule has 1 aromatic rings. The van der Waals surface area contributed by atoms with E-state index < -0.39 is 22.1 Å². The topological polar surface area (TPSA) is 108 Å².